The van der Waals surface area contributed by atoms with Gasteiger partial charge in [-0.1, -0.05) is 23.9 Å². The number of β-lactam (4-membered cyclic amide) rings is 1. The summed E-state index contributed by atoms with van der Waals surface area (Å²) < 4.78 is 1.77. The Morgan fingerprint density at radius 1 is 1.44 bits per heavy atom. The monoisotopic (exact) mass is 393 g/mol. The van der Waals surface area contributed by atoms with Crippen LogP contribution in [0.3, 0.4) is 0 Å². The minimum atomic E-state index is -1.15. The first kappa shape index (κ1) is 16.4. The molecule has 2 N–H and O–H groups in total. The number of benzene rings is 1. The molecule has 2 aromatic rings. The van der Waals surface area contributed by atoms with E-state index in [2.05, 4.69) is 10.3 Å². The van der Waals surface area contributed by atoms with E-state index in [0.29, 0.717) is 17.1 Å². The van der Waals surface area contributed by atoms with Crippen molar-refractivity contribution in [2.75, 3.05) is 5.75 Å². The summed E-state index contributed by atoms with van der Waals surface area (Å²) >= 11 is 4.21. The van der Waals surface area contributed by atoms with E-state index in [1.807, 2.05) is 24.3 Å². The van der Waals surface area contributed by atoms with Crippen LogP contribution in [0, 0.1) is 0 Å². The number of thiazole rings is 1. The first-order chi connectivity index (χ1) is 12.1. The van der Waals surface area contributed by atoms with E-state index in [1.165, 1.54) is 39.8 Å². The Bertz CT molecular complexity index is 893. The molecule has 2 aliphatic rings. The van der Waals surface area contributed by atoms with Crippen molar-refractivity contribution in [1.82, 2.24) is 15.2 Å². The summed E-state index contributed by atoms with van der Waals surface area (Å²) in [4.78, 5) is 40.9. The van der Waals surface area contributed by atoms with Crippen molar-refractivity contribution < 1.29 is 19.5 Å². The fourth-order valence-corrected chi connectivity index (χ4v) is 6.48. The number of amides is 2. The SMILES string of the molecule is O=CN[C@@H]1C(=O)N2C(C(=O)O)=C(Sc3nc4ccccc4s3)CS[C@H]12. The second-order valence-electron chi connectivity index (χ2n) is 5.30. The third kappa shape index (κ3) is 2.70. The molecular weight excluding hydrogens is 382 g/mol. The minimum Gasteiger partial charge on any atom is -0.477 e. The zero-order valence-corrected chi connectivity index (χ0v) is 15.0. The van der Waals surface area contributed by atoms with Crippen molar-refractivity contribution in [1.29, 1.82) is 0 Å². The standard InChI is InChI=1S/C15H11N3O4S3/c19-6-16-10-12(20)18-11(14(21)22)9(5-23-13(10)18)25-15-17-7-3-1-2-4-8(7)24-15/h1-4,6,10,13H,5H2,(H,16,19)(H,21,22)/t10-,13-/m1/s1. The molecule has 1 aromatic carbocycles. The summed E-state index contributed by atoms with van der Waals surface area (Å²) in [5, 5.41) is 11.7. The van der Waals surface area contributed by atoms with E-state index < -0.39 is 17.9 Å². The zero-order valence-electron chi connectivity index (χ0n) is 12.5. The van der Waals surface area contributed by atoms with Crippen molar-refractivity contribution in [3.8, 4) is 0 Å². The molecule has 128 valence electrons. The van der Waals surface area contributed by atoms with Gasteiger partial charge in [-0.25, -0.2) is 9.78 Å². The summed E-state index contributed by atoms with van der Waals surface area (Å²) in [5.74, 6) is -1.09. The lowest BCUT2D eigenvalue weighted by molar-refractivity contribution is -0.149. The molecule has 1 saturated heterocycles. The summed E-state index contributed by atoms with van der Waals surface area (Å²) in [6.45, 7) is 0. The molecule has 10 heteroatoms. The molecule has 2 atom stereocenters. The first-order valence-electron chi connectivity index (χ1n) is 7.24. The van der Waals surface area contributed by atoms with E-state index in [1.54, 1.807) is 0 Å². The lowest BCUT2D eigenvalue weighted by atomic mass is 10.1. The van der Waals surface area contributed by atoms with Crippen LogP contribution < -0.4 is 5.32 Å². The van der Waals surface area contributed by atoms with E-state index in [-0.39, 0.29) is 11.1 Å². The summed E-state index contributed by atoms with van der Waals surface area (Å²) in [6, 6.07) is 7.03. The molecule has 0 saturated carbocycles. The van der Waals surface area contributed by atoms with Crippen molar-refractivity contribution in [2.45, 2.75) is 15.8 Å². The van der Waals surface area contributed by atoms with Crippen LogP contribution in [0.4, 0.5) is 0 Å². The Morgan fingerprint density at radius 3 is 2.96 bits per heavy atom. The smallest absolute Gasteiger partial charge is 0.353 e. The van der Waals surface area contributed by atoms with Gasteiger partial charge in [-0.05, 0) is 12.1 Å². The average molecular weight is 393 g/mol. The van der Waals surface area contributed by atoms with Crippen molar-refractivity contribution in [3.05, 3.63) is 34.9 Å². The molecule has 0 spiro atoms. The predicted molar refractivity (Wildman–Crippen MR) is 96.2 cm³/mol. The fourth-order valence-electron chi connectivity index (χ4n) is 2.76. The number of hydrogen-bond acceptors (Lipinski definition) is 7. The highest BCUT2D eigenvalue weighted by Crippen LogP contribution is 2.46. The Hall–Kier alpha value is -2.04. The quantitative estimate of drug-likeness (QED) is 0.589. The number of carbonyl (C=O) groups is 3. The highest BCUT2D eigenvalue weighted by Gasteiger charge is 2.53. The van der Waals surface area contributed by atoms with Gasteiger partial charge in [0.25, 0.3) is 5.91 Å². The zero-order chi connectivity index (χ0) is 17.6. The van der Waals surface area contributed by atoms with Gasteiger partial charge in [-0.15, -0.1) is 23.1 Å². The van der Waals surface area contributed by atoms with E-state index in [9.17, 15) is 19.5 Å². The number of nitrogens with one attached hydrogen (secondary N) is 1. The number of fused-ring (bicyclic) bond motifs is 2. The van der Waals surface area contributed by atoms with Gasteiger partial charge in [-0.3, -0.25) is 14.5 Å². The van der Waals surface area contributed by atoms with Crippen LogP contribution in [0.15, 0.2) is 39.2 Å². The highest BCUT2D eigenvalue weighted by molar-refractivity contribution is 8.07. The molecule has 0 radical (unpaired) electrons. The van der Waals surface area contributed by atoms with Crippen molar-refractivity contribution >= 4 is 63.4 Å². The molecule has 0 aliphatic carbocycles. The molecule has 0 unspecified atom stereocenters. The molecule has 4 rings (SSSR count). The first-order valence-corrected chi connectivity index (χ1v) is 9.92. The minimum absolute atomic E-state index is 0.0121. The van der Waals surface area contributed by atoms with Crippen molar-refractivity contribution in [2.24, 2.45) is 0 Å². The van der Waals surface area contributed by atoms with Crippen LogP contribution in [0.2, 0.25) is 0 Å². The maximum Gasteiger partial charge on any atom is 0.353 e. The number of aromatic nitrogens is 1. The van der Waals surface area contributed by atoms with Crippen molar-refractivity contribution in [3.63, 3.8) is 0 Å². The van der Waals surface area contributed by atoms with E-state index in [0.717, 1.165) is 14.6 Å². The van der Waals surface area contributed by atoms with E-state index in [4.69, 9.17) is 0 Å². The van der Waals surface area contributed by atoms with Crippen LogP contribution in [0.25, 0.3) is 10.2 Å². The maximum atomic E-state index is 12.2. The Kier molecular flexibility index (Phi) is 4.18. The number of carbonyl (C=O) groups excluding carboxylic acids is 2. The van der Waals surface area contributed by atoms with Gasteiger partial charge in [0.1, 0.15) is 17.1 Å². The van der Waals surface area contributed by atoms with E-state index >= 15 is 0 Å². The molecular formula is C15H11N3O4S3. The third-order valence-corrected chi connectivity index (χ3v) is 7.51. The number of thioether (sulfide) groups is 2. The predicted octanol–water partition coefficient (Wildman–Crippen LogP) is 1.71. The summed E-state index contributed by atoms with van der Waals surface area (Å²) in [7, 11) is 0. The highest BCUT2D eigenvalue weighted by atomic mass is 32.2. The number of aliphatic carboxylic acids is 1. The Labute approximate surface area is 154 Å². The average Bonchev–Trinajstić information content (AvgIpc) is 3.01. The van der Waals surface area contributed by atoms with Gasteiger partial charge in [0.05, 0.1) is 10.2 Å². The van der Waals surface area contributed by atoms with Gasteiger partial charge in [-0.2, -0.15) is 0 Å². The Balaban J connectivity index is 1.66. The summed E-state index contributed by atoms with van der Waals surface area (Å²) in [6.07, 6.45) is 0.468. The molecule has 0 bridgehead atoms. The molecule has 3 heterocycles. The van der Waals surface area contributed by atoms with Crippen LogP contribution in [-0.4, -0.2) is 50.4 Å². The molecule has 7 nitrogen and oxygen atoms in total. The van der Waals surface area contributed by atoms with Crippen LogP contribution in [-0.2, 0) is 14.4 Å². The van der Waals surface area contributed by atoms with Gasteiger partial charge >= 0.3 is 5.97 Å². The number of para-hydroxylation sites is 1. The molecule has 1 aromatic heterocycles. The van der Waals surface area contributed by atoms with Gasteiger partial charge in [0.15, 0.2) is 4.34 Å². The largest absolute Gasteiger partial charge is 0.477 e. The third-order valence-electron chi connectivity index (χ3n) is 3.87. The van der Waals surface area contributed by atoms with Gasteiger partial charge < -0.3 is 10.4 Å². The lowest BCUT2D eigenvalue weighted by Gasteiger charge is -2.48. The van der Waals surface area contributed by atoms with Gasteiger partial charge in [0, 0.05) is 10.7 Å². The number of rotatable bonds is 5. The second kappa shape index (κ2) is 6.36. The molecule has 2 amide bonds. The van der Waals surface area contributed by atoms with Crippen LogP contribution in [0.5, 0.6) is 0 Å². The lowest BCUT2D eigenvalue weighted by Crippen LogP contribution is -2.69. The number of nitrogens with zero attached hydrogens (tertiary/aromatic N) is 2. The molecule has 25 heavy (non-hydrogen) atoms. The van der Waals surface area contributed by atoms with Crippen LogP contribution in [0.1, 0.15) is 0 Å². The fraction of sp³-hybridized carbons (Fsp3) is 0.200. The molecule has 2 aliphatic heterocycles. The summed E-state index contributed by atoms with van der Waals surface area (Å²) in [5.41, 5.74) is 0.853. The number of carboxylic acid groups (broad SMARTS) is 1. The Morgan fingerprint density at radius 2 is 2.24 bits per heavy atom. The van der Waals surface area contributed by atoms with Gasteiger partial charge in [0.2, 0.25) is 6.41 Å². The second-order valence-corrected chi connectivity index (χ2v) is 8.78. The topological polar surface area (TPSA) is 99.6 Å². The normalized spacial score (nSPS) is 22.6. The maximum absolute atomic E-state index is 12.2. The number of hydrogen-bond donors (Lipinski definition) is 2. The number of carboxylic acids is 1. The molecule has 1 fully saturated rings. The van der Waals surface area contributed by atoms with Crippen LogP contribution >= 0.6 is 34.9 Å².